The van der Waals surface area contributed by atoms with Gasteiger partial charge in [-0.25, -0.2) is 4.98 Å². The molecule has 10 rings (SSSR count). The predicted octanol–water partition coefficient (Wildman–Crippen LogP) is 11.4. The molecule has 0 saturated heterocycles. The lowest BCUT2D eigenvalue weighted by atomic mass is 9.67. The summed E-state index contributed by atoms with van der Waals surface area (Å²) in [6, 6.07) is 56.3. The fraction of sp³-hybridized carbons (Fsp3) is 0.146. The van der Waals surface area contributed by atoms with Crippen LogP contribution in [0.1, 0.15) is 48.6 Å². The number of hydrogen-bond acceptors (Lipinski definition) is 3. The number of anilines is 3. The Labute approximate surface area is 305 Å². The van der Waals surface area contributed by atoms with E-state index in [1.165, 1.54) is 66.8 Å². The fourth-order valence-corrected chi connectivity index (χ4v) is 8.99. The van der Waals surface area contributed by atoms with Crippen LogP contribution in [-0.4, -0.2) is 23.3 Å². The number of pyridine rings is 1. The van der Waals surface area contributed by atoms with Crippen LogP contribution in [-0.2, 0) is 10.8 Å². The van der Waals surface area contributed by atoms with Crippen molar-refractivity contribution in [2.24, 2.45) is 0 Å². The highest BCUT2D eigenvalue weighted by Crippen LogP contribution is 2.57. The molecule has 6 aromatic carbocycles. The van der Waals surface area contributed by atoms with Crippen LogP contribution in [0.2, 0.25) is 0 Å². The predicted molar refractivity (Wildman–Crippen MR) is 216 cm³/mol. The van der Waals surface area contributed by atoms with Gasteiger partial charge < -0.3 is 9.80 Å². The van der Waals surface area contributed by atoms with Crippen LogP contribution < -0.4 is 9.80 Å². The number of benzene rings is 6. The van der Waals surface area contributed by atoms with Gasteiger partial charge in [-0.15, -0.1) is 0 Å². The van der Waals surface area contributed by atoms with Crippen molar-refractivity contribution >= 4 is 38.9 Å². The van der Waals surface area contributed by atoms with E-state index in [9.17, 15) is 0 Å². The van der Waals surface area contributed by atoms with Gasteiger partial charge in [-0.05, 0) is 92.9 Å². The van der Waals surface area contributed by atoms with Crippen LogP contribution in [0.4, 0.5) is 17.1 Å². The Kier molecular flexibility index (Phi) is 6.60. The minimum atomic E-state index is -0.551. The molecular weight excluding hydrogens is 633 g/mol. The third-order valence-corrected chi connectivity index (χ3v) is 11.4. The van der Waals surface area contributed by atoms with Gasteiger partial charge in [0.25, 0.3) is 0 Å². The zero-order chi connectivity index (χ0) is 35.2. The first-order valence-corrected chi connectivity index (χ1v) is 18.2. The van der Waals surface area contributed by atoms with E-state index in [1.54, 1.807) is 0 Å². The van der Waals surface area contributed by atoms with Gasteiger partial charge in [0.15, 0.2) is 0 Å². The van der Waals surface area contributed by atoms with E-state index < -0.39 is 5.41 Å². The first kappa shape index (κ1) is 30.7. The highest BCUT2D eigenvalue weighted by molar-refractivity contribution is 6.09. The Hall–Kier alpha value is -6.13. The normalized spacial score (nSPS) is 14.5. The second kappa shape index (κ2) is 11.2. The molecule has 1 aliphatic carbocycles. The molecular formula is C48H40N4. The molecule has 2 aromatic heterocycles. The van der Waals surface area contributed by atoms with E-state index in [1.807, 2.05) is 6.20 Å². The van der Waals surface area contributed by atoms with Gasteiger partial charge in [0.05, 0.1) is 34.5 Å². The van der Waals surface area contributed by atoms with Crippen molar-refractivity contribution in [2.75, 3.05) is 23.5 Å². The summed E-state index contributed by atoms with van der Waals surface area (Å²) in [6.45, 7) is 7.60. The summed E-state index contributed by atoms with van der Waals surface area (Å²) < 4.78 is 2.37. The monoisotopic (exact) mass is 672 g/mol. The molecule has 252 valence electrons. The van der Waals surface area contributed by atoms with E-state index in [-0.39, 0.29) is 5.41 Å². The molecule has 0 radical (unpaired) electrons. The van der Waals surface area contributed by atoms with Crippen LogP contribution in [0.25, 0.3) is 38.8 Å². The van der Waals surface area contributed by atoms with Crippen LogP contribution in [0.5, 0.6) is 0 Å². The number of hydrogen-bond donors (Lipinski definition) is 0. The summed E-state index contributed by atoms with van der Waals surface area (Å²) in [7, 11) is 2.17. The smallest absolute Gasteiger partial charge is 0.137 e. The van der Waals surface area contributed by atoms with Gasteiger partial charge in [-0.3, -0.25) is 4.57 Å². The Morgan fingerprint density at radius 2 is 1.23 bits per heavy atom. The number of fused-ring (bicyclic) bond motifs is 7. The summed E-state index contributed by atoms with van der Waals surface area (Å²) in [5, 5.41) is 2.45. The molecule has 0 fully saturated rings. The first-order chi connectivity index (χ1) is 25.3. The third kappa shape index (κ3) is 4.30. The second-order valence-electron chi connectivity index (χ2n) is 15.4. The van der Waals surface area contributed by atoms with Crippen LogP contribution in [0.3, 0.4) is 0 Å². The molecule has 0 spiro atoms. The average Bonchev–Trinajstić information content (AvgIpc) is 3.80. The van der Waals surface area contributed by atoms with Crippen LogP contribution >= 0.6 is 0 Å². The molecule has 52 heavy (non-hydrogen) atoms. The minimum Gasteiger partial charge on any atom is -0.355 e. The van der Waals surface area contributed by atoms with Gasteiger partial charge in [-0.2, -0.15) is 0 Å². The quantitative estimate of drug-likeness (QED) is 0.186. The molecule has 0 atom stereocenters. The molecule has 0 N–H and O–H groups in total. The van der Waals surface area contributed by atoms with Crippen molar-refractivity contribution in [2.45, 2.75) is 31.6 Å². The first-order valence-electron chi connectivity index (χ1n) is 18.2. The van der Waals surface area contributed by atoms with E-state index in [0.717, 1.165) is 23.5 Å². The zero-order valence-electron chi connectivity index (χ0n) is 30.0. The number of rotatable bonds is 4. The molecule has 8 aromatic rings. The van der Waals surface area contributed by atoms with Crippen molar-refractivity contribution in [3.8, 4) is 16.9 Å². The maximum absolute atomic E-state index is 5.00. The summed E-state index contributed by atoms with van der Waals surface area (Å²) in [5.74, 6) is 0.941. The summed E-state index contributed by atoms with van der Waals surface area (Å²) in [4.78, 5) is 9.77. The molecule has 0 amide bonds. The molecule has 0 saturated carbocycles. The summed E-state index contributed by atoms with van der Waals surface area (Å²) >= 11 is 0. The largest absolute Gasteiger partial charge is 0.355 e. The van der Waals surface area contributed by atoms with Crippen molar-refractivity contribution in [3.05, 3.63) is 186 Å². The van der Waals surface area contributed by atoms with Crippen molar-refractivity contribution in [3.63, 3.8) is 0 Å². The fourth-order valence-electron chi connectivity index (χ4n) is 8.99. The van der Waals surface area contributed by atoms with E-state index in [4.69, 9.17) is 4.98 Å². The molecule has 4 heteroatoms. The standard InChI is InChI=1S/C48H40N4/c1-47(2,3)32-26-27-49-46(30-32)52-42-21-10-7-18-38(42)39-25-24-34(29-45(39)52)48(40-19-8-5-16-36(40)37-17-6-9-20-41(37)48)33-14-13-15-35(28-33)51-31-50(4)43-22-11-12-23-44(43)51/h5-30H,31H2,1-4H3. The molecule has 2 aliphatic rings. The van der Waals surface area contributed by atoms with Crippen molar-refractivity contribution < 1.29 is 0 Å². The van der Waals surface area contributed by atoms with Crippen molar-refractivity contribution in [1.82, 2.24) is 9.55 Å². The van der Waals surface area contributed by atoms with E-state index in [2.05, 4.69) is 194 Å². The lowest BCUT2D eigenvalue weighted by Crippen LogP contribution is -2.29. The topological polar surface area (TPSA) is 24.3 Å². The molecule has 0 unspecified atom stereocenters. The van der Waals surface area contributed by atoms with Gasteiger partial charge in [0.1, 0.15) is 5.82 Å². The Balaban J connectivity index is 1.27. The van der Waals surface area contributed by atoms with Gasteiger partial charge >= 0.3 is 0 Å². The van der Waals surface area contributed by atoms with E-state index >= 15 is 0 Å². The van der Waals surface area contributed by atoms with Crippen molar-refractivity contribution in [1.29, 1.82) is 0 Å². The number of aromatic nitrogens is 2. The Morgan fingerprint density at radius 3 is 2.00 bits per heavy atom. The highest BCUT2D eigenvalue weighted by atomic mass is 15.4. The zero-order valence-corrected chi connectivity index (χ0v) is 30.0. The molecule has 1 aliphatic heterocycles. The van der Waals surface area contributed by atoms with Crippen LogP contribution in [0, 0.1) is 0 Å². The molecule has 3 heterocycles. The van der Waals surface area contributed by atoms with Crippen LogP contribution in [0.15, 0.2) is 158 Å². The number of para-hydroxylation sites is 3. The summed E-state index contributed by atoms with van der Waals surface area (Å²) in [5.41, 5.74) is 14.4. The van der Waals surface area contributed by atoms with Gasteiger partial charge in [-0.1, -0.05) is 124 Å². The highest BCUT2D eigenvalue weighted by Gasteiger charge is 2.46. The maximum Gasteiger partial charge on any atom is 0.137 e. The minimum absolute atomic E-state index is 0.00137. The summed E-state index contributed by atoms with van der Waals surface area (Å²) in [6.07, 6.45) is 1.96. The maximum atomic E-state index is 5.00. The van der Waals surface area contributed by atoms with Gasteiger partial charge in [0.2, 0.25) is 0 Å². The third-order valence-electron chi connectivity index (χ3n) is 11.4. The lowest BCUT2D eigenvalue weighted by molar-refractivity contribution is 0.588. The second-order valence-corrected chi connectivity index (χ2v) is 15.4. The van der Waals surface area contributed by atoms with E-state index in [0.29, 0.717) is 0 Å². The number of nitrogens with zero attached hydrogens (tertiary/aromatic N) is 4. The Morgan fingerprint density at radius 1 is 0.577 bits per heavy atom. The molecule has 0 bridgehead atoms. The average molecular weight is 673 g/mol. The molecule has 4 nitrogen and oxygen atoms in total. The Bertz CT molecular complexity index is 2650. The van der Waals surface area contributed by atoms with Gasteiger partial charge in [0, 0.05) is 29.7 Å². The lowest BCUT2D eigenvalue weighted by Gasteiger charge is -2.35. The SMILES string of the molecule is CN1CN(c2cccc(C3(c4ccc5c6ccccc6n(-c6cc(C(C)(C)C)ccn6)c5c4)c4ccccc4-c4ccccc43)c2)c2ccccc21.